The first-order chi connectivity index (χ1) is 8.67. The molecule has 1 unspecified atom stereocenters. The predicted molar refractivity (Wildman–Crippen MR) is 74.6 cm³/mol. The van der Waals surface area contributed by atoms with Crippen molar-refractivity contribution in [1.82, 2.24) is 4.90 Å². The zero-order valence-electron chi connectivity index (χ0n) is 11.4. The van der Waals surface area contributed by atoms with Crippen molar-refractivity contribution in [3.63, 3.8) is 0 Å². The van der Waals surface area contributed by atoms with Crippen LogP contribution in [0.3, 0.4) is 0 Å². The molecule has 18 heavy (non-hydrogen) atoms. The smallest absolute Gasteiger partial charge is 0.120 e. The number of likely N-dealkylation sites (tertiary alicyclic amines) is 1. The van der Waals surface area contributed by atoms with Gasteiger partial charge in [-0.25, -0.2) is 0 Å². The largest absolute Gasteiger partial charge is 0.491 e. The van der Waals surface area contributed by atoms with Crippen LogP contribution in [-0.4, -0.2) is 30.6 Å². The summed E-state index contributed by atoms with van der Waals surface area (Å²) < 4.78 is 5.72. The van der Waals surface area contributed by atoms with Crippen LogP contribution in [0, 0.1) is 5.92 Å². The Morgan fingerprint density at radius 1 is 1.44 bits per heavy atom. The standard InChI is InChI=1S/C15H24N2O/c1-12(2)18-15-5-3-4-13(8-15)10-17-7-6-14(9-16)11-17/h3-5,8,12,14H,6-7,9-11,16H2,1-2H3. The van der Waals surface area contributed by atoms with E-state index in [9.17, 15) is 0 Å². The van der Waals surface area contributed by atoms with Crippen LogP contribution in [0.15, 0.2) is 24.3 Å². The molecule has 0 radical (unpaired) electrons. The maximum atomic E-state index is 5.72. The Kier molecular flexibility index (Phi) is 4.61. The van der Waals surface area contributed by atoms with Crippen molar-refractivity contribution in [1.29, 1.82) is 0 Å². The van der Waals surface area contributed by atoms with E-state index in [-0.39, 0.29) is 6.10 Å². The molecule has 1 aromatic rings. The van der Waals surface area contributed by atoms with Crippen LogP contribution in [0.4, 0.5) is 0 Å². The van der Waals surface area contributed by atoms with Gasteiger partial charge in [-0.05, 0) is 57.0 Å². The molecule has 1 aliphatic rings. The number of rotatable bonds is 5. The van der Waals surface area contributed by atoms with E-state index in [0.29, 0.717) is 5.92 Å². The zero-order valence-corrected chi connectivity index (χ0v) is 11.4. The molecule has 0 spiro atoms. The molecule has 0 aliphatic carbocycles. The van der Waals surface area contributed by atoms with Crippen LogP contribution in [0.5, 0.6) is 5.75 Å². The Hall–Kier alpha value is -1.06. The third-order valence-electron chi connectivity index (χ3n) is 3.38. The summed E-state index contributed by atoms with van der Waals surface area (Å²) in [6, 6.07) is 8.42. The molecule has 1 heterocycles. The molecule has 1 atom stereocenters. The molecule has 2 rings (SSSR count). The molecule has 3 heteroatoms. The quantitative estimate of drug-likeness (QED) is 0.868. The average molecular weight is 248 g/mol. The normalized spacial score (nSPS) is 20.6. The van der Waals surface area contributed by atoms with Gasteiger partial charge in [0.15, 0.2) is 0 Å². The average Bonchev–Trinajstić information content (AvgIpc) is 2.76. The van der Waals surface area contributed by atoms with E-state index in [4.69, 9.17) is 10.5 Å². The Morgan fingerprint density at radius 2 is 2.28 bits per heavy atom. The molecule has 1 fully saturated rings. The number of hydrogen-bond donors (Lipinski definition) is 1. The molecule has 0 amide bonds. The second kappa shape index (κ2) is 6.21. The number of nitrogens with two attached hydrogens (primary N) is 1. The van der Waals surface area contributed by atoms with Crippen molar-refractivity contribution in [3.05, 3.63) is 29.8 Å². The number of benzene rings is 1. The minimum Gasteiger partial charge on any atom is -0.491 e. The van der Waals surface area contributed by atoms with Crippen LogP contribution < -0.4 is 10.5 Å². The first-order valence-electron chi connectivity index (χ1n) is 6.85. The van der Waals surface area contributed by atoms with Crippen molar-refractivity contribution in [3.8, 4) is 5.75 Å². The predicted octanol–water partition coefficient (Wildman–Crippen LogP) is 2.25. The van der Waals surface area contributed by atoms with Crippen LogP contribution in [-0.2, 0) is 6.54 Å². The monoisotopic (exact) mass is 248 g/mol. The van der Waals surface area contributed by atoms with Gasteiger partial charge < -0.3 is 10.5 Å². The molecule has 3 nitrogen and oxygen atoms in total. The molecule has 2 N–H and O–H groups in total. The van der Waals surface area contributed by atoms with Crippen molar-refractivity contribution < 1.29 is 4.74 Å². The summed E-state index contributed by atoms with van der Waals surface area (Å²) in [4.78, 5) is 2.48. The van der Waals surface area contributed by atoms with Gasteiger partial charge in [0, 0.05) is 13.1 Å². The highest BCUT2D eigenvalue weighted by molar-refractivity contribution is 5.28. The molecule has 1 aliphatic heterocycles. The summed E-state index contributed by atoms with van der Waals surface area (Å²) in [6.45, 7) is 8.22. The Bertz CT molecular complexity index is 379. The van der Waals surface area contributed by atoms with Crippen LogP contribution in [0.25, 0.3) is 0 Å². The van der Waals surface area contributed by atoms with Crippen LogP contribution in [0.1, 0.15) is 25.8 Å². The minimum absolute atomic E-state index is 0.230. The first-order valence-corrected chi connectivity index (χ1v) is 6.85. The fourth-order valence-corrected chi connectivity index (χ4v) is 2.50. The summed E-state index contributed by atoms with van der Waals surface area (Å²) in [5.74, 6) is 1.65. The van der Waals surface area contributed by atoms with Crippen LogP contribution in [0.2, 0.25) is 0 Å². The zero-order chi connectivity index (χ0) is 13.0. The van der Waals surface area contributed by atoms with Crippen LogP contribution >= 0.6 is 0 Å². The van der Waals surface area contributed by atoms with Crippen molar-refractivity contribution in [2.45, 2.75) is 32.9 Å². The van der Waals surface area contributed by atoms with Gasteiger partial charge in [-0.3, -0.25) is 4.90 Å². The number of hydrogen-bond acceptors (Lipinski definition) is 3. The Labute approximate surface area is 110 Å². The van der Waals surface area contributed by atoms with E-state index >= 15 is 0 Å². The van der Waals surface area contributed by atoms with Gasteiger partial charge in [-0.2, -0.15) is 0 Å². The number of nitrogens with zero attached hydrogens (tertiary/aromatic N) is 1. The molecule has 0 saturated carbocycles. The molecular weight excluding hydrogens is 224 g/mol. The highest BCUT2D eigenvalue weighted by Gasteiger charge is 2.20. The van der Waals surface area contributed by atoms with Crippen molar-refractivity contribution in [2.75, 3.05) is 19.6 Å². The SMILES string of the molecule is CC(C)Oc1cccc(CN2CCC(CN)C2)c1. The second-order valence-corrected chi connectivity index (χ2v) is 5.44. The van der Waals surface area contributed by atoms with Gasteiger partial charge in [0.25, 0.3) is 0 Å². The van der Waals surface area contributed by atoms with Gasteiger partial charge in [0.2, 0.25) is 0 Å². The molecule has 100 valence electrons. The van der Waals surface area contributed by atoms with E-state index in [1.165, 1.54) is 12.0 Å². The van der Waals surface area contributed by atoms with Crippen molar-refractivity contribution in [2.24, 2.45) is 11.7 Å². The van der Waals surface area contributed by atoms with E-state index < -0.39 is 0 Å². The Morgan fingerprint density at radius 3 is 2.94 bits per heavy atom. The van der Waals surface area contributed by atoms with Gasteiger partial charge in [-0.1, -0.05) is 12.1 Å². The maximum absolute atomic E-state index is 5.72. The van der Waals surface area contributed by atoms with E-state index in [1.54, 1.807) is 0 Å². The maximum Gasteiger partial charge on any atom is 0.120 e. The lowest BCUT2D eigenvalue weighted by molar-refractivity contribution is 0.241. The lowest BCUT2D eigenvalue weighted by Crippen LogP contribution is -2.22. The lowest BCUT2D eigenvalue weighted by Gasteiger charge is -2.17. The minimum atomic E-state index is 0.230. The topological polar surface area (TPSA) is 38.5 Å². The molecule has 1 aromatic carbocycles. The summed E-state index contributed by atoms with van der Waals surface area (Å²) in [5, 5.41) is 0. The first kappa shape index (κ1) is 13.4. The van der Waals surface area contributed by atoms with E-state index in [0.717, 1.165) is 31.9 Å². The summed E-state index contributed by atoms with van der Waals surface area (Å²) in [7, 11) is 0. The number of ether oxygens (including phenoxy) is 1. The molecule has 0 aromatic heterocycles. The van der Waals surface area contributed by atoms with Gasteiger partial charge in [-0.15, -0.1) is 0 Å². The Balaban J connectivity index is 1.93. The highest BCUT2D eigenvalue weighted by Crippen LogP contribution is 2.20. The lowest BCUT2D eigenvalue weighted by atomic mass is 10.1. The van der Waals surface area contributed by atoms with Crippen molar-refractivity contribution >= 4 is 0 Å². The third kappa shape index (κ3) is 3.72. The van der Waals surface area contributed by atoms with E-state index in [1.807, 2.05) is 6.07 Å². The molecule has 0 bridgehead atoms. The third-order valence-corrected chi connectivity index (χ3v) is 3.38. The van der Waals surface area contributed by atoms with Gasteiger partial charge >= 0.3 is 0 Å². The fourth-order valence-electron chi connectivity index (χ4n) is 2.50. The fraction of sp³-hybridized carbons (Fsp3) is 0.600. The van der Waals surface area contributed by atoms with Gasteiger partial charge in [0.1, 0.15) is 5.75 Å². The molecule has 1 saturated heterocycles. The summed E-state index contributed by atoms with van der Waals surface area (Å²) >= 11 is 0. The van der Waals surface area contributed by atoms with Gasteiger partial charge in [0.05, 0.1) is 6.10 Å². The summed E-state index contributed by atoms with van der Waals surface area (Å²) in [6.07, 6.45) is 1.47. The van der Waals surface area contributed by atoms with E-state index in [2.05, 4.69) is 36.9 Å². The summed E-state index contributed by atoms with van der Waals surface area (Å²) in [5.41, 5.74) is 7.05. The second-order valence-electron chi connectivity index (χ2n) is 5.44. The molecular formula is C15H24N2O. The highest BCUT2D eigenvalue weighted by atomic mass is 16.5.